The number of hydrogen-bond donors (Lipinski definition) is 11. The zero-order valence-corrected chi connectivity index (χ0v) is 25.5. The van der Waals surface area contributed by atoms with Crippen LogP contribution in [0.3, 0.4) is 0 Å². The summed E-state index contributed by atoms with van der Waals surface area (Å²) in [6.07, 6.45) is 3.11. The highest BCUT2D eigenvalue weighted by atomic mass is 16.4. The Hall–Kier alpha value is -4.62. The molecular formula is C26H43N9O10. The number of nitrogens with zero attached hydrogens (tertiary/aromatic N) is 1. The number of aliphatic hydroxyl groups excluding tert-OH is 2. The van der Waals surface area contributed by atoms with Gasteiger partial charge in [0.25, 0.3) is 0 Å². The van der Waals surface area contributed by atoms with E-state index < -0.39 is 104 Å². The number of aromatic amines is 1. The van der Waals surface area contributed by atoms with E-state index in [0.717, 1.165) is 0 Å². The minimum Gasteiger partial charge on any atom is -0.480 e. The summed E-state index contributed by atoms with van der Waals surface area (Å²) in [4.78, 5) is 92.5. The fourth-order valence-corrected chi connectivity index (χ4v) is 3.71. The van der Waals surface area contributed by atoms with Crippen molar-refractivity contribution in [1.29, 1.82) is 0 Å². The largest absolute Gasteiger partial charge is 0.480 e. The highest BCUT2D eigenvalue weighted by molar-refractivity contribution is 5.95. The molecule has 1 rings (SSSR count). The van der Waals surface area contributed by atoms with Gasteiger partial charge in [-0.05, 0) is 11.8 Å². The monoisotopic (exact) mass is 641 g/mol. The lowest BCUT2D eigenvalue weighted by atomic mass is 10.0. The van der Waals surface area contributed by atoms with E-state index in [9.17, 15) is 48.9 Å². The summed E-state index contributed by atoms with van der Waals surface area (Å²) >= 11 is 0. The predicted octanol–water partition coefficient (Wildman–Crippen LogP) is -5.17. The van der Waals surface area contributed by atoms with Gasteiger partial charge in [0.15, 0.2) is 0 Å². The van der Waals surface area contributed by atoms with Crippen molar-refractivity contribution in [2.45, 2.75) is 64.3 Å². The highest BCUT2D eigenvalue weighted by Crippen LogP contribution is 2.04. The van der Waals surface area contributed by atoms with Crippen molar-refractivity contribution in [3.05, 3.63) is 18.2 Å². The molecule has 1 aromatic heterocycles. The molecule has 5 atom stereocenters. The van der Waals surface area contributed by atoms with Crippen molar-refractivity contribution in [3.63, 3.8) is 0 Å². The van der Waals surface area contributed by atoms with E-state index in [-0.39, 0.29) is 12.3 Å². The maximum Gasteiger partial charge on any atom is 0.326 e. The molecule has 0 aliphatic carbocycles. The molecule has 0 spiro atoms. The topological polar surface area (TPSA) is 307 Å². The lowest BCUT2D eigenvalue weighted by molar-refractivity contribution is -0.144. The first-order valence-electron chi connectivity index (χ1n) is 14.0. The second-order valence-electron chi connectivity index (χ2n) is 10.7. The van der Waals surface area contributed by atoms with Gasteiger partial charge in [0.1, 0.15) is 24.2 Å². The van der Waals surface area contributed by atoms with Gasteiger partial charge in [0.05, 0.1) is 38.7 Å². The molecule has 19 heteroatoms. The van der Waals surface area contributed by atoms with E-state index in [1.807, 2.05) is 0 Å². The molecule has 1 aromatic rings. The average Bonchev–Trinajstić information content (AvgIpc) is 3.49. The van der Waals surface area contributed by atoms with Gasteiger partial charge in [0, 0.05) is 18.3 Å². The van der Waals surface area contributed by atoms with Gasteiger partial charge in [-0.2, -0.15) is 0 Å². The number of aliphatic carboxylic acids is 1. The zero-order chi connectivity index (χ0) is 34.3. The van der Waals surface area contributed by atoms with Gasteiger partial charge in [-0.1, -0.05) is 27.7 Å². The van der Waals surface area contributed by atoms with E-state index in [4.69, 9.17) is 5.73 Å². The molecule has 45 heavy (non-hydrogen) atoms. The van der Waals surface area contributed by atoms with E-state index in [1.54, 1.807) is 27.7 Å². The van der Waals surface area contributed by atoms with Crippen LogP contribution in [0, 0.1) is 11.8 Å². The van der Waals surface area contributed by atoms with Crippen LogP contribution in [-0.4, -0.2) is 123 Å². The number of imidazole rings is 1. The third kappa shape index (κ3) is 13.3. The molecule has 0 aliphatic heterocycles. The van der Waals surface area contributed by atoms with Crippen LogP contribution in [-0.2, 0) is 40.0 Å². The fourth-order valence-electron chi connectivity index (χ4n) is 3.71. The van der Waals surface area contributed by atoms with Crippen molar-refractivity contribution in [3.8, 4) is 0 Å². The van der Waals surface area contributed by atoms with Crippen LogP contribution in [0.4, 0.5) is 0 Å². The van der Waals surface area contributed by atoms with Gasteiger partial charge in [-0.3, -0.25) is 28.8 Å². The van der Waals surface area contributed by atoms with Gasteiger partial charge in [0.2, 0.25) is 35.4 Å². The van der Waals surface area contributed by atoms with Crippen LogP contribution in [0.2, 0.25) is 0 Å². The average molecular weight is 642 g/mol. The Labute approximate surface area is 258 Å². The molecule has 19 nitrogen and oxygen atoms in total. The number of amides is 6. The number of carbonyl (C=O) groups excluding carboxylic acids is 6. The van der Waals surface area contributed by atoms with Gasteiger partial charge < -0.3 is 57.9 Å². The zero-order valence-electron chi connectivity index (χ0n) is 25.5. The Kier molecular flexibility index (Phi) is 16.1. The summed E-state index contributed by atoms with van der Waals surface area (Å²) in [5, 5.41) is 41.8. The quantitative estimate of drug-likeness (QED) is 0.0676. The number of hydrogen-bond acceptors (Lipinski definition) is 11. The van der Waals surface area contributed by atoms with E-state index in [2.05, 4.69) is 41.9 Å². The molecule has 0 fully saturated rings. The van der Waals surface area contributed by atoms with E-state index in [0.29, 0.717) is 5.69 Å². The predicted molar refractivity (Wildman–Crippen MR) is 155 cm³/mol. The molecule has 6 amide bonds. The normalized spacial score (nSPS) is 14.3. The second kappa shape index (κ2) is 18.9. The van der Waals surface area contributed by atoms with Crippen LogP contribution in [0.1, 0.15) is 33.4 Å². The van der Waals surface area contributed by atoms with Gasteiger partial charge in [-0.25, -0.2) is 9.78 Å². The molecule has 0 radical (unpaired) electrons. The van der Waals surface area contributed by atoms with Crippen LogP contribution < -0.4 is 37.6 Å². The van der Waals surface area contributed by atoms with Crippen molar-refractivity contribution in [2.24, 2.45) is 17.6 Å². The van der Waals surface area contributed by atoms with Crippen molar-refractivity contribution >= 4 is 41.4 Å². The molecule has 0 aliphatic rings. The Morgan fingerprint density at radius 1 is 0.756 bits per heavy atom. The van der Waals surface area contributed by atoms with Crippen molar-refractivity contribution in [2.75, 3.05) is 26.3 Å². The molecule has 0 saturated carbocycles. The molecule has 0 aromatic carbocycles. The maximum atomic E-state index is 12.7. The summed E-state index contributed by atoms with van der Waals surface area (Å²) in [5.41, 5.74) is 6.54. The van der Waals surface area contributed by atoms with Crippen molar-refractivity contribution < 1.29 is 48.9 Å². The Balaban J connectivity index is 2.57. The number of carbonyl (C=O) groups is 7. The summed E-state index contributed by atoms with van der Waals surface area (Å²) in [6, 6.07) is -6.45. The molecular weight excluding hydrogens is 598 g/mol. The van der Waals surface area contributed by atoms with Crippen LogP contribution in [0.15, 0.2) is 12.5 Å². The number of aliphatic hydroxyl groups is 2. The van der Waals surface area contributed by atoms with Crippen molar-refractivity contribution in [1.82, 2.24) is 41.9 Å². The molecule has 0 unspecified atom stereocenters. The minimum absolute atomic E-state index is 0.157. The molecule has 0 bridgehead atoms. The first-order valence-corrected chi connectivity index (χ1v) is 14.0. The maximum absolute atomic E-state index is 12.7. The Morgan fingerprint density at radius 3 is 1.80 bits per heavy atom. The number of carboxylic acid groups (broad SMARTS) is 1. The first-order chi connectivity index (χ1) is 21.1. The lowest BCUT2D eigenvalue weighted by Crippen LogP contribution is -2.59. The highest BCUT2D eigenvalue weighted by Gasteiger charge is 2.31. The Morgan fingerprint density at radius 2 is 1.29 bits per heavy atom. The number of nitrogens with one attached hydrogen (secondary N) is 7. The van der Waals surface area contributed by atoms with Crippen LogP contribution in [0.25, 0.3) is 0 Å². The minimum atomic E-state index is -1.59. The third-order valence-corrected chi connectivity index (χ3v) is 6.33. The van der Waals surface area contributed by atoms with E-state index in [1.165, 1.54) is 12.5 Å². The lowest BCUT2D eigenvalue weighted by Gasteiger charge is -2.24. The number of nitrogens with two attached hydrogens (primary N) is 1. The summed E-state index contributed by atoms with van der Waals surface area (Å²) in [6.45, 7) is 3.39. The number of H-pyrrole nitrogens is 1. The summed E-state index contributed by atoms with van der Waals surface area (Å²) in [5.74, 6) is -7.23. The smallest absolute Gasteiger partial charge is 0.326 e. The summed E-state index contributed by atoms with van der Waals surface area (Å²) < 4.78 is 0. The Bertz CT molecular complexity index is 1180. The standard InChI is InChI=1S/C26H43N9O10/c1-12(2)20(34-22(40)15(27)5-14-6-28-11-31-14)25(43)30-7-18(38)29-8-19(39)32-16(9-36)23(41)33-17(10-37)24(42)35-21(13(3)4)26(44)45/h6,11-13,15-17,20-21,36-37H,5,7-10,27H2,1-4H3,(H,28,31)(H,29,38)(H,30,43)(H,32,39)(H,33,41)(H,34,40)(H,35,42)(H,44,45)/t15-,16-,17-,20-,21-/m0/s1. The summed E-state index contributed by atoms with van der Waals surface area (Å²) in [7, 11) is 0. The molecule has 0 saturated heterocycles. The first kappa shape index (κ1) is 38.4. The molecule has 252 valence electrons. The number of rotatable bonds is 19. The molecule has 12 N–H and O–H groups in total. The fraction of sp³-hybridized carbons (Fsp3) is 0.615. The van der Waals surface area contributed by atoms with Gasteiger partial charge >= 0.3 is 5.97 Å². The second-order valence-corrected chi connectivity index (χ2v) is 10.7. The SMILES string of the molecule is CC(C)[C@H](NC(=O)[C@H](CO)NC(=O)[C@H](CO)NC(=O)CNC(=O)CNC(=O)[C@@H](NC(=O)[C@@H](N)Cc1cnc[nH]1)C(C)C)C(=O)O. The third-order valence-electron chi connectivity index (χ3n) is 6.33. The number of aromatic nitrogens is 2. The van der Waals surface area contributed by atoms with Gasteiger partial charge in [-0.15, -0.1) is 0 Å². The number of carboxylic acids is 1. The molecule has 1 heterocycles. The van der Waals surface area contributed by atoms with Crippen LogP contribution >= 0.6 is 0 Å². The van der Waals surface area contributed by atoms with E-state index >= 15 is 0 Å². The van der Waals surface area contributed by atoms with Crippen LogP contribution in [0.5, 0.6) is 0 Å².